The maximum atomic E-state index is 13.6. The third kappa shape index (κ3) is 5.91. The zero-order valence-electron chi connectivity index (χ0n) is 23.7. The van der Waals surface area contributed by atoms with Crippen LogP contribution >= 0.6 is 0 Å². The monoisotopic (exact) mass is 598 g/mol. The standard InChI is InChI=1S/C33H27FN10.CH4/c34-24-7-5-23(6-8-24)27-11-12-28-33(39-27)44(32(40-28)26-2-1-14-38-31(26)36)25-9-3-22(4-10-25)21-42-16-18-43(19-17-42)30-13-15-37-29(20-35)41-30;/h1-15H,16-19,21H2,(H2,36,38);1H4. The molecule has 5 heterocycles. The van der Waals surface area contributed by atoms with Crippen molar-refractivity contribution in [3.63, 3.8) is 0 Å². The number of piperazine rings is 1. The topological polar surface area (TPSA) is 126 Å². The Hall–Kier alpha value is -5.73. The number of nitrogens with two attached hydrogens (primary N) is 1. The minimum atomic E-state index is -0.295. The summed E-state index contributed by atoms with van der Waals surface area (Å²) in [6.07, 6.45) is 3.29. The third-order valence-corrected chi connectivity index (χ3v) is 7.76. The molecular formula is C34H31FN10. The lowest BCUT2D eigenvalue weighted by Crippen LogP contribution is -2.46. The summed E-state index contributed by atoms with van der Waals surface area (Å²) in [6, 6.07) is 26.1. The number of benzene rings is 2. The summed E-state index contributed by atoms with van der Waals surface area (Å²) >= 11 is 0. The van der Waals surface area contributed by atoms with E-state index in [9.17, 15) is 4.39 Å². The molecule has 6 aromatic rings. The zero-order chi connectivity index (χ0) is 30.0. The first-order chi connectivity index (χ1) is 21.6. The van der Waals surface area contributed by atoms with Crippen molar-refractivity contribution in [1.82, 2.24) is 34.4 Å². The fourth-order valence-corrected chi connectivity index (χ4v) is 5.49. The van der Waals surface area contributed by atoms with E-state index in [1.165, 1.54) is 17.7 Å². The van der Waals surface area contributed by atoms with E-state index >= 15 is 0 Å². The predicted octanol–water partition coefficient (Wildman–Crippen LogP) is 5.49. The van der Waals surface area contributed by atoms with Crippen LogP contribution in [0.5, 0.6) is 0 Å². The van der Waals surface area contributed by atoms with Crippen molar-refractivity contribution in [1.29, 1.82) is 5.26 Å². The molecule has 4 aromatic heterocycles. The van der Waals surface area contributed by atoms with Crippen molar-refractivity contribution < 1.29 is 4.39 Å². The van der Waals surface area contributed by atoms with Gasteiger partial charge in [-0.3, -0.25) is 9.47 Å². The normalized spacial score (nSPS) is 13.4. The minimum Gasteiger partial charge on any atom is -0.383 e. The lowest BCUT2D eigenvalue weighted by Gasteiger charge is -2.35. The van der Waals surface area contributed by atoms with E-state index in [-0.39, 0.29) is 19.1 Å². The van der Waals surface area contributed by atoms with E-state index in [0.29, 0.717) is 34.1 Å². The summed E-state index contributed by atoms with van der Waals surface area (Å²) in [5, 5.41) is 9.12. The highest BCUT2D eigenvalue weighted by Gasteiger charge is 2.21. The van der Waals surface area contributed by atoms with E-state index in [0.717, 1.165) is 49.8 Å². The first kappa shape index (κ1) is 29.3. The van der Waals surface area contributed by atoms with Crippen LogP contribution in [0, 0.1) is 17.1 Å². The van der Waals surface area contributed by atoms with E-state index in [1.54, 1.807) is 24.5 Å². The van der Waals surface area contributed by atoms with Crippen LogP contribution < -0.4 is 10.6 Å². The molecule has 11 heteroatoms. The summed E-state index contributed by atoms with van der Waals surface area (Å²) < 4.78 is 15.6. The van der Waals surface area contributed by atoms with Gasteiger partial charge >= 0.3 is 0 Å². The number of hydrogen-bond acceptors (Lipinski definition) is 9. The van der Waals surface area contributed by atoms with Gasteiger partial charge in [-0.2, -0.15) is 5.26 Å². The van der Waals surface area contributed by atoms with Gasteiger partial charge in [-0.15, -0.1) is 0 Å². The molecule has 7 rings (SSSR count). The number of hydrogen-bond donors (Lipinski definition) is 1. The Morgan fingerprint density at radius 2 is 1.60 bits per heavy atom. The van der Waals surface area contributed by atoms with Crippen molar-refractivity contribution in [3.8, 4) is 34.4 Å². The lowest BCUT2D eigenvalue weighted by molar-refractivity contribution is 0.249. The largest absolute Gasteiger partial charge is 0.383 e. The fraction of sp³-hybridized carbons (Fsp3) is 0.176. The molecule has 1 aliphatic rings. The number of halogens is 1. The molecule has 0 unspecified atom stereocenters. The number of pyridine rings is 2. The number of rotatable bonds is 6. The molecule has 0 saturated carbocycles. The summed E-state index contributed by atoms with van der Waals surface area (Å²) in [6.45, 7) is 4.19. The van der Waals surface area contributed by atoms with E-state index < -0.39 is 0 Å². The Morgan fingerprint density at radius 1 is 0.822 bits per heavy atom. The van der Waals surface area contributed by atoms with Gasteiger partial charge in [0.1, 0.15) is 29.0 Å². The highest BCUT2D eigenvalue weighted by atomic mass is 19.1. The van der Waals surface area contributed by atoms with Crippen LogP contribution in [0.15, 0.2) is 91.3 Å². The molecule has 1 aliphatic heterocycles. The third-order valence-electron chi connectivity index (χ3n) is 7.76. The molecule has 0 atom stereocenters. The predicted molar refractivity (Wildman–Crippen MR) is 173 cm³/mol. The smallest absolute Gasteiger partial charge is 0.234 e. The number of nitrogens with zero attached hydrogens (tertiary/aromatic N) is 9. The summed E-state index contributed by atoms with van der Waals surface area (Å²) in [5.41, 5.74) is 12.0. The molecule has 0 radical (unpaired) electrons. The van der Waals surface area contributed by atoms with Crippen LogP contribution in [0.4, 0.5) is 16.0 Å². The summed E-state index contributed by atoms with van der Waals surface area (Å²) in [7, 11) is 0. The van der Waals surface area contributed by atoms with Gasteiger partial charge in [0.2, 0.25) is 5.82 Å². The van der Waals surface area contributed by atoms with Crippen LogP contribution in [0.1, 0.15) is 18.8 Å². The molecule has 0 amide bonds. The molecule has 0 bridgehead atoms. The van der Waals surface area contributed by atoms with Crippen LogP contribution in [0.2, 0.25) is 0 Å². The zero-order valence-corrected chi connectivity index (χ0v) is 23.7. The highest BCUT2D eigenvalue weighted by Crippen LogP contribution is 2.32. The number of anilines is 2. The van der Waals surface area contributed by atoms with Gasteiger partial charge in [0.05, 0.1) is 11.3 Å². The molecule has 1 fully saturated rings. The molecule has 10 nitrogen and oxygen atoms in total. The Kier molecular flexibility index (Phi) is 8.14. The first-order valence-corrected chi connectivity index (χ1v) is 14.2. The maximum Gasteiger partial charge on any atom is 0.234 e. The average Bonchev–Trinajstić information content (AvgIpc) is 3.44. The highest BCUT2D eigenvalue weighted by molar-refractivity contribution is 5.84. The van der Waals surface area contributed by atoms with Gasteiger partial charge in [-0.25, -0.2) is 29.3 Å². The molecule has 2 aromatic carbocycles. The number of nitrogen functional groups attached to an aromatic ring is 1. The Labute approximate surface area is 260 Å². The number of fused-ring (bicyclic) bond motifs is 1. The fourth-order valence-electron chi connectivity index (χ4n) is 5.49. The van der Waals surface area contributed by atoms with Crippen molar-refractivity contribution in [3.05, 3.63) is 108 Å². The van der Waals surface area contributed by atoms with Crippen LogP contribution in [0.3, 0.4) is 0 Å². The number of imidazole rings is 1. The van der Waals surface area contributed by atoms with E-state index in [2.05, 4.69) is 49.0 Å². The molecule has 2 N–H and O–H groups in total. The number of aromatic nitrogens is 6. The van der Waals surface area contributed by atoms with Crippen LogP contribution in [-0.2, 0) is 6.54 Å². The van der Waals surface area contributed by atoms with Crippen molar-refractivity contribution in [2.24, 2.45) is 0 Å². The maximum absolute atomic E-state index is 13.6. The van der Waals surface area contributed by atoms with Gasteiger partial charge < -0.3 is 10.6 Å². The first-order valence-electron chi connectivity index (χ1n) is 14.2. The molecule has 224 valence electrons. The van der Waals surface area contributed by atoms with E-state index in [4.69, 9.17) is 21.0 Å². The van der Waals surface area contributed by atoms with Crippen LogP contribution in [-0.4, -0.2) is 60.6 Å². The van der Waals surface area contributed by atoms with Gasteiger partial charge in [0.15, 0.2) is 11.5 Å². The van der Waals surface area contributed by atoms with Crippen molar-refractivity contribution in [2.75, 3.05) is 36.8 Å². The van der Waals surface area contributed by atoms with Crippen LogP contribution in [0.25, 0.3) is 39.5 Å². The molecule has 1 saturated heterocycles. The van der Waals surface area contributed by atoms with Crippen molar-refractivity contribution in [2.45, 2.75) is 14.0 Å². The van der Waals surface area contributed by atoms with E-state index in [1.807, 2.05) is 41.0 Å². The second kappa shape index (κ2) is 12.5. The summed E-state index contributed by atoms with van der Waals surface area (Å²) in [5.74, 6) is 1.70. The quantitative estimate of drug-likeness (QED) is 0.265. The second-order valence-electron chi connectivity index (χ2n) is 10.5. The van der Waals surface area contributed by atoms with Gasteiger partial charge in [0.25, 0.3) is 0 Å². The van der Waals surface area contributed by atoms with Crippen molar-refractivity contribution >= 4 is 22.8 Å². The number of nitriles is 1. The Morgan fingerprint density at radius 3 is 2.33 bits per heavy atom. The molecular weight excluding hydrogens is 567 g/mol. The summed E-state index contributed by atoms with van der Waals surface area (Å²) in [4.78, 5) is 27.1. The average molecular weight is 599 g/mol. The lowest BCUT2D eigenvalue weighted by atomic mass is 10.1. The second-order valence-corrected chi connectivity index (χ2v) is 10.5. The molecule has 45 heavy (non-hydrogen) atoms. The van der Waals surface area contributed by atoms with Gasteiger partial charge in [-0.05, 0) is 72.3 Å². The van der Waals surface area contributed by atoms with Gasteiger partial charge in [-0.1, -0.05) is 19.6 Å². The molecule has 0 spiro atoms. The minimum absolute atomic E-state index is 0. The Bertz CT molecular complexity index is 1990. The Balaban J connectivity index is 0.00000357. The van der Waals surface area contributed by atoms with Gasteiger partial charge in [0, 0.05) is 56.4 Å². The SMILES string of the molecule is C.N#Cc1nccc(N2CCN(Cc3ccc(-n4c(-c5cccnc5N)nc5ccc(-c6ccc(F)cc6)nc54)cc3)CC2)n1. The molecule has 0 aliphatic carbocycles.